The number of primary amides is 1. The fraction of sp³-hybridized carbons (Fsp3) is 0.526. The molecule has 7 heteroatoms. The van der Waals surface area contributed by atoms with E-state index in [1.54, 1.807) is 39.8 Å². The van der Waals surface area contributed by atoms with Crippen molar-refractivity contribution in [2.24, 2.45) is 5.73 Å². The summed E-state index contributed by atoms with van der Waals surface area (Å²) < 4.78 is 10.3. The monoisotopic (exact) mass is 364 g/mol. The van der Waals surface area contributed by atoms with Gasteiger partial charge in [-0.1, -0.05) is 0 Å². The van der Waals surface area contributed by atoms with Gasteiger partial charge in [-0.2, -0.15) is 0 Å². The summed E-state index contributed by atoms with van der Waals surface area (Å²) in [5, 5.41) is 2.57. The van der Waals surface area contributed by atoms with Gasteiger partial charge in [0.2, 0.25) is 5.91 Å². The van der Waals surface area contributed by atoms with Crippen molar-refractivity contribution >= 4 is 18.0 Å². The zero-order valence-corrected chi connectivity index (χ0v) is 16.3. The molecule has 26 heavy (non-hydrogen) atoms. The van der Waals surface area contributed by atoms with Crippen LogP contribution in [0.4, 0.5) is 4.79 Å². The second-order valence-electron chi connectivity index (χ2n) is 7.11. The maximum atomic E-state index is 12.3. The van der Waals surface area contributed by atoms with Crippen LogP contribution in [0.3, 0.4) is 0 Å². The highest BCUT2D eigenvalue weighted by Gasteiger charge is 2.27. The lowest BCUT2D eigenvalue weighted by Gasteiger charge is -2.24. The third kappa shape index (κ3) is 6.38. The number of ether oxygens (including phenoxy) is 2. The Morgan fingerprint density at radius 3 is 2.12 bits per heavy atom. The molecule has 144 valence electrons. The van der Waals surface area contributed by atoms with Gasteiger partial charge in [0.05, 0.1) is 6.61 Å². The first-order valence-corrected chi connectivity index (χ1v) is 8.50. The van der Waals surface area contributed by atoms with E-state index in [0.29, 0.717) is 5.56 Å². The number of carbonyl (C=O) groups excluding carboxylic acids is 3. The highest BCUT2D eigenvalue weighted by Crippen LogP contribution is 2.19. The molecule has 3 N–H and O–H groups in total. The molecule has 1 rings (SSSR count). The highest BCUT2D eigenvalue weighted by atomic mass is 16.6. The van der Waals surface area contributed by atoms with E-state index in [-0.39, 0.29) is 13.0 Å². The number of hydrogen-bond donors (Lipinski definition) is 2. The molecule has 0 aliphatic heterocycles. The average Bonchev–Trinajstić information content (AvgIpc) is 2.47. The van der Waals surface area contributed by atoms with Crippen LogP contribution in [0, 0.1) is 13.8 Å². The number of rotatable bonds is 6. The maximum Gasteiger partial charge on any atom is 0.408 e. The normalized spacial score (nSPS) is 12.2. The predicted molar refractivity (Wildman–Crippen MR) is 97.9 cm³/mol. The van der Waals surface area contributed by atoms with Gasteiger partial charge in [0.1, 0.15) is 11.6 Å². The topological polar surface area (TPSA) is 108 Å². The van der Waals surface area contributed by atoms with Crippen LogP contribution in [0.2, 0.25) is 0 Å². The van der Waals surface area contributed by atoms with Gasteiger partial charge in [0.25, 0.3) is 0 Å². The minimum absolute atomic E-state index is 0.198. The fourth-order valence-electron chi connectivity index (χ4n) is 2.55. The van der Waals surface area contributed by atoms with Gasteiger partial charge in [-0.05, 0) is 70.4 Å². The molecule has 7 nitrogen and oxygen atoms in total. The molecule has 0 aromatic heterocycles. The first-order chi connectivity index (χ1) is 11.9. The minimum Gasteiger partial charge on any atom is -0.464 e. The summed E-state index contributed by atoms with van der Waals surface area (Å²) in [6, 6.07) is 2.43. The maximum absolute atomic E-state index is 12.3. The van der Waals surface area contributed by atoms with Crippen molar-refractivity contribution in [2.75, 3.05) is 6.61 Å². The molecule has 0 fully saturated rings. The Labute approximate surface area is 154 Å². The van der Waals surface area contributed by atoms with Crippen LogP contribution in [0.5, 0.6) is 0 Å². The summed E-state index contributed by atoms with van der Waals surface area (Å²) in [7, 11) is 0. The predicted octanol–water partition coefficient (Wildman–Crippen LogP) is 2.40. The van der Waals surface area contributed by atoms with Crippen molar-refractivity contribution in [3.05, 3.63) is 34.4 Å². The van der Waals surface area contributed by atoms with Crippen molar-refractivity contribution in [1.82, 2.24) is 5.32 Å². The Morgan fingerprint density at radius 1 is 1.15 bits per heavy atom. The number of alkyl carbamates (subject to hydrolysis) is 1. The molecule has 0 spiro atoms. The Kier molecular flexibility index (Phi) is 7.18. The number of amides is 2. The van der Waals surface area contributed by atoms with E-state index in [1.807, 2.05) is 13.8 Å². The van der Waals surface area contributed by atoms with E-state index >= 15 is 0 Å². The molecule has 1 aromatic carbocycles. The van der Waals surface area contributed by atoms with Gasteiger partial charge in [0, 0.05) is 12.0 Å². The summed E-state index contributed by atoms with van der Waals surface area (Å²) in [5.41, 5.74) is 7.49. The molecule has 0 saturated heterocycles. The van der Waals surface area contributed by atoms with Crippen molar-refractivity contribution in [3.63, 3.8) is 0 Å². The minimum atomic E-state index is -0.901. The lowest BCUT2D eigenvalue weighted by atomic mass is 9.94. The van der Waals surface area contributed by atoms with Crippen LogP contribution in [-0.4, -0.2) is 36.2 Å². The SMILES string of the molecule is CCOC(=O)[C@H](Cc1c(C)cc(C(N)=O)cc1C)NC(=O)OC(C)(C)C. The van der Waals surface area contributed by atoms with Gasteiger partial charge in [-0.25, -0.2) is 9.59 Å². The van der Waals surface area contributed by atoms with Crippen LogP contribution in [0.15, 0.2) is 12.1 Å². The van der Waals surface area contributed by atoms with E-state index in [1.165, 1.54) is 0 Å². The molecule has 0 unspecified atom stereocenters. The number of nitrogens with two attached hydrogens (primary N) is 1. The van der Waals surface area contributed by atoms with E-state index in [2.05, 4.69) is 5.32 Å². The standard InChI is InChI=1S/C19H28N2O5/c1-7-25-17(23)15(21-18(24)26-19(4,5)6)10-14-11(2)8-13(16(20)22)9-12(14)3/h8-9,15H,7,10H2,1-6H3,(H2,20,22)(H,21,24)/t15-/m0/s1. The molecule has 1 atom stereocenters. The fourth-order valence-corrected chi connectivity index (χ4v) is 2.55. The summed E-state index contributed by atoms with van der Waals surface area (Å²) >= 11 is 0. The van der Waals surface area contributed by atoms with Crippen molar-refractivity contribution in [2.45, 2.75) is 59.6 Å². The summed E-state index contributed by atoms with van der Waals surface area (Å²) in [5.74, 6) is -1.06. The molecule has 0 aliphatic rings. The van der Waals surface area contributed by atoms with Crippen LogP contribution < -0.4 is 11.1 Å². The van der Waals surface area contributed by atoms with Gasteiger partial charge >= 0.3 is 12.1 Å². The van der Waals surface area contributed by atoms with Gasteiger partial charge in [-0.15, -0.1) is 0 Å². The lowest BCUT2D eigenvalue weighted by Crippen LogP contribution is -2.45. The third-order valence-electron chi connectivity index (χ3n) is 3.65. The zero-order valence-electron chi connectivity index (χ0n) is 16.3. The first kappa shape index (κ1) is 21.5. The zero-order chi connectivity index (χ0) is 20.1. The molecular weight excluding hydrogens is 336 g/mol. The largest absolute Gasteiger partial charge is 0.464 e. The van der Waals surface area contributed by atoms with Crippen molar-refractivity contribution < 1.29 is 23.9 Å². The summed E-state index contributed by atoms with van der Waals surface area (Å²) in [6.45, 7) is 10.8. The highest BCUT2D eigenvalue weighted by molar-refractivity contribution is 5.93. The Hall–Kier alpha value is -2.57. The van der Waals surface area contributed by atoms with Crippen molar-refractivity contribution in [1.29, 1.82) is 0 Å². The summed E-state index contributed by atoms with van der Waals surface area (Å²) in [4.78, 5) is 35.7. The number of nitrogens with one attached hydrogen (secondary N) is 1. The second kappa shape index (κ2) is 8.69. The summed E-state index contributed by atoms with van der Waals surface area (Å²) in [6.07, 6.45) is -0.478. The first-order valence-electron chi connectivity index (χ1n) is 8.50. The smallest absolute Gasteiger partial charge is 0.408 e. The average molecular weight is 364 g/mol. The number of hydrogen-bond acceptors (Lipinski definition) is 5. The van der Waals surface area contributed by atoms with E-state index in [0.717, 1.165) is 16.7 Å². The van der Waals surface area contributed by atoms with Gasteiger partial charge < -0.3 is 20.5 Å². The van der Waals surface area contributed by atoms with Crippen LogP contribution in [0.25, 0.3) is 0 Å². The molecule has 0 saturated carbocycles. The molecule has 2 amide bonds. The van der Waals surface area contributed by atoms with Gasteiger partial charge in [-0.3, -0.25) is 4.79 Å². The number of benzene rings is 1. The molecular formula is C19H28N2O5. The number of carbonyl (C=O) groups is 3. The van der Waals surface area contributed by atoms with Crippen LogP contribution in [0.1, 0.15) is 54.7 Å². The molecule has 0 radical (unpaired) electrons. The van der Waals surface area contributed by atoms with E-state index < -0.39 is 29.6 Å². The van der Waals surface area contributed by atoms with Gasteiger partial charge in [0.15, 0.2) is 0 Å². The number of aryl methyl sites for hydroxylation is 2. The van der Waals surface area contributed by atoms with E-state index in [4.69, 9.17) is 15.2 Å². The molecule has 0 heterocycles. The Balaban J connectivity index is 3.08. The third-order valence-corrected chi connectivity index (χ3v) is 3.65. The molecule has 0 aliphatic carbocycles. The van der Waals surface area contributed by atoms with E-state index in [9.17, 15) is 14.4 Å². The Bertz CT molecular complexity index is 669. The molecule has 0 bridgehead atoms. The quantitative estimate of drug-likeness (QED) is 0.754. The van der Waals surface area contributed by atoms with Crippen molar-refractivity contribution in [3.8, 4) is 0 Å². The second-order valence-corrected chi connectivity index (χ2v) is 7.11. The lowest BCUT2D eigenvalue weighted by molar-refractivity contribution is -0.145. The van der Waals surface area contributed by atoms with Crippen LogP contribution >= 0.6 is 0 Å². The molecule has 1 aromatic rings. The number of esters is 1. The van der Waals surface area contributed by atoms with Crippen LogP contribution in [-0.2, 0) is 20.7 Å². The Morgan fingerprint density at radius 2 is 1.69 bits per heavy atom.